The third-order valence-corrected chi connectivity index (χ3v) is 5.74. The molecule has 0 radical (unpaired) electrons. The minimum Gasteiger partial charge on any atom is -0.343 e. The van der Waals surface area contributed by atoms with Crippen molar-refractivity contribution in [1.82, 2.24) is 9.47 Å². The number of hydrogen-bond acceptors (Lipinski definition) is 1. The molecule has 24 heavy (non-hydrogen) atoms. The fraction of sp³-hybridized carbons (Fsp3) is 0.333. The van der Waals surface area contributed by atoms with Crippen molar-refractivity contribution in [3.63, 3.8) is 0 Å². The summed E-state index contributed by atoms with van der Waals surface area (Å²) in [5, 5.41) is 1.39. The molecule has 1 saturated heterocycles. The number of nitrogens with zero attached hydrogens (tertiary/aromatic N) is 2. The zero-order chi connectivity index (χ0) is 16.5. The smallest absolute Gasteiger partial charge is 0.0487 e. The van der Waals surface area contributed by atoms with E-state index in [2.05, 4.69) is 87.2 Å². The fourth-order valence-corrected chi connectivity index (χ4v) is 4.27. The SMILES string of the molecule is CN1CCC[C@@H]1Cc1cn(Cc2ccccc2)c2ccc(Br)cc12. The van der Waals surface area contributed by atoms with Crippen LogP contribution >= 0.6 is 15.9 Å². The van der Waals surface area contributed by atoms with Gasteiger partial charge >= 0.3 is 0 Å². The predicted molar refractivity (Wildman–Crippen MR) is 105 cm³/mol. The molecule has 1 atom stereocenters. The Morgan fingerprint density at radius 2 is 1.96 bits per heavy atom. The van der Waals surface area contributed by atoms with Gasteiger partial charge in [-0.15, -0.1) is 0 Å². The van der Waals surface area contributed by atoms with E-state index in [0.717, 1.165) is 17.4 Å². The molecule has 1 aliphatic heterocycles. The van der Waals surface area contributed by atoms with Crippen LogP contribution in [0.2, 0.25) is 0 Å². The number of likely N-dealkylation sites (tertiary alicyclic amines) is 1. The maximum Gasteiger partial charge on any atom is 0.0487 e. The number of aromatic nitrogens is 1. The molecule has 3 aromatic rings. The zero-order valence-corrected chi connectivity index (χ0v) is 15.7. The third-order valence-electron chi connectivity index (χ3n) is 5.25. The van der Waals surface area contributed by atoms with Crippen LogP contribution in [0.5, 0.6) is 0 Å². The van der Waals surface area contributed by atoms with Gasteiger partial charge in [0, 0.05) is 34.2 Å². The van der Waals surface area contributed by atoms with E-state index < -0.39 is 0 Å². The van der Waals surface area contributed by atoms with Gasteiger partial charge in [0.05, 0.1) is 0 Å². The Kier molecular flexibility index (Phi) is 4.47. The Morgan fingerprint density at radius 3 is 2.71 bits per heavy atom. The Hall–Kier alpha value is -1.58. The maximum absolute atomic E-state index is 3.65. The van der Waals surface area contributed by atoms with Gasteiger partial charge < -0.3 is 9.47 Å². The van der Waals surface area contributed by atoms with Crippen molar-refractivity contribution in [3.8, 4) is 0 Å². The first kappa shape index (κ1) is 15.9. The number of likely N-dealkylation sites (N-methyl/N-ethyl adjacent to an activating group) is 1. The van der Waals surface area contributed by atoms with Crippen molar-refractivity contribution in [2.24, 2.45) is 0 Å². The lowest BCUT2D eigenvalue weighted by atomic mass is 10.0. The van der Waals surface area contributed by atoms with Gasteiger partial charge in [-0.3, -0.25) is 0 Å². The molecule has 2 nitrogen and oxygen atoms in total. The molecular formula is C21H23BrN2. The van der Waals surface area contributed by atoms with E-state index in [9.17, 15) is 0 Å². The molecule has 0 amide bonds. The van der Waals surface area contributed by atoms with Crippen LogP contribution < -0.4 is 0 Å². The Bertz CT molecular complexity index is 838. The van der Waals surface area contributed by atoms with E-state index in [0.29, 0.717) is 6.04 Å². The number of rotatable bonds is 4. The molecule has 2 aromatic carbocycles. The molecular weight excluding hydrogens is 360 g/mol. The second kappa shape index (κ2) is 6.73. The summed E-state index contributed by atoms with van der Waals surface area (Å²) in [6, 6.07) is 18.1. The highest BCUT2D eigenvalue weighted by atomic mass is 79.9. The topological polar surface area (TPSA) is 8.17 Å². The minimum atomic E-state index is 0.680. The summed E-state index contributed by atoms with van der Waals surface area (Å²) in [6.07, 6.45) is 6.16. The Balaban J connectivity index is 1.72. The van der Waals surface area contributed by atoms with Crippen molar-refractivity contribution in [3.05, 3.63) is 70.3 Å². The predicted octanol–water partition coefficient (Wildman–Crippen LogP) is 5.09. The molecule has 3 heteroatoms. The molecule has 4 rings (SSSR count). The van der Waals surface area contributed by atoms with Gasteiger partial charge in [-0.05, 0) is 62.2 Å². The first-order chi connectivity index (χ1) is 11.7. The second-order valence-corrected chi connectivity index (χ2v) is 7.83. The molecule has 2 heterocycles. The van der Waals surface area contributed by atoms with Gasteiger partial charge in [0.2, 0.25) is 0 Å². The molecule has 0 saturated carbocycles. The van der Waals surface area contributed by atoms with Crippen LogP contribution in [0.4, 0.5) is 0 Å². The molecule has 124 valence electrons. The van der Waals surface area contributed by atoms with Crippen molar-refractivity contribution in [2.75, 3.05) is 13.6 Å². The van der Waals surface area contributed by atoms with Crippen LogP contribution in [0.1, 0.15) is 24.0 Å². The molecule has 1 aromatic heterocycles. The van der Waals surface area contributed by atoms with Crippen molar-refractivity contribution >= 4 is 26.8 Å². The average molecular weight is 383 g/mol. The van der Waals surface area contributed by atoms with Crippen molar-refractivity contribution in [1.29, 1.82) is 0 Å². The largest absolute Gasteiger partial charge is 0.343 e. The van der Waals surface area contributed by atoms with Gasteiger partial charge in [-0.2, -0.15) is 0 Å². The highest BCUT2D eigenvalue weighted by Crippen LogP contribution is 2.29. The maximum atomic E-state index is 3.65. The lowest BCUT2D eigenvalue weighted by Crippen LogP contribution is -2.26. The van der Waals surface area contributed by atoms with Crippen LogP contribution in [0.25, 0.3) is 10.9 Å². The lowest BCUT2D eigenvalue weighted by Gasteiger charge is -2.18. The Morgan fingerprint density at radius 1 is 1.12 bits per heavy atom. The van der Waals surface area contributed by atoms with E-state index in [1.807, 2.05) is 0 Å². The molecule has 0 aliphatic carbocycles. The summed E-state index contributed by atoms with van der Waals surface area (Å²) in [4.78, 5) is 2.51. The molecule has 0 unspecified atom stereocenters. The number of fused-ring (bicyclic) bond motifs is 1. The van der Waals surface area contributed by atoms with Gasteiger partial charge in [-0.1, -0.05) is 46.3 Å². The van der Waals surface area contributed by atoms with Gasteiger partial charge in [0.25, 0.3) is 0 Å². The van der Waals surface area contributed by atoms with Crippen LogP contribution in [0.3, 0.4) is 0 Å². The summed E-state index contributed by atoms with van der Waals surface area (Å²) < 4.78 is 3.56. The fourth-order valence-electron chi connectivity index (χ4n) is 3.91. The first-order valence-electron chi connectivity index (χ1n) is 8.72. The number of hydrogen-bond donors (Lipinski definition) is 0. The number of benzene rings is 2. The first-order valence-corrected chi connectivity index (χ1v) is 9.51. The van der Waals surface area contributed by atoms with E-state index in [-0.39, 0.29) is 0 Å². The highest BCUT2D eigenvalue weighted by molar-refractivity contribution is 9.10. The second-order valence-electron chi connectivity index (χ2n) is 6.91. The van der Waals surface area contributed by atoms with E-state index >= 15 is 0 Å². The molecule has 0 spiro atoms. The number of halogens is 1. The molecule has 1 fully saturated rings. The summed E-state index contributed by atoms with van der Waals surface area (Å²) >= 11 is 3.65. The van der Waals surface area contributed by atoms with Gasteiger partial charge in [-0.25, -0.2) is 0 Å². The Labute approximate surface area is 152 Å². The van der Waals surface area contributed by atoms with Crippen molar-refractivity contribution < 1.29 is 0 Å². The third kappa shape index (κ3) is 3.15. The molecule has 0 N–H and O–H groups in total. The van der Waals surface area contributed by atoms with E-state index in [1.165, 1.54) is 41.4 Å². The normalized spacial score (nSPS) is 18.5. The van der Waals surface area contributed by atoms with E-state index in [1.54, 1.807) is 0 Å². The zero-order valence-electron chi connectivity index (χ0n) is 14.1. The summed E-state index contributed by atoms with van der Waals surface area (Å²) in [7, 11) is 2.26. The van der Waals surface area contributed by atoms with Crippen LogP contribution in [-0.2, 0) is 13.0 Å². The summed E-state index contributed by atoms with van der Waals surface area (Å²) in [5.41, 5.74) is 4.15. The quantitative estimate of drug-likeness (QED) is 0.609. The molecule has 1 aliphatic rings. The average Bonchev–Trinajstić information content (AvgIpc) is 3.13. The van der Waals surface area contributed by atoms with Gasteiger partial charge in [0.15, 0.2) is 0 Å². The van der Waals surface area contributed by atoms with Crippen molar-refractivity contribution in [2.45, 2.75) is 31.8 Å². The summed E-state index contributed by atoms with van der Waals surface area (Å²) in [5.74, 6) is 0. The minimum absolute atomic E-state index is 0.680. The van der Waals surface area contributed by atoms with E-state index in [4.69, 9.17) is 0 Å². The molecule has 0 bridgehead atoms. The lowest BCUT2D eigenvalue weighted by molar-refractivity contribution is 0.309. The van der Waals surface area contributed by atoms with Crippen LogP contribution in [0, 0.1) is 0 Å². The van der Waals surface area contributed by atoms with Crippen LogP contribution in [0.15, 0.2) is 59.2 Å². The van der Waals surface area contributed by atoms with Gasteiger partial charge in [0.1, 0.15) is 0 Å². The monoisotopic (exact) mass is 382 g/mol. The summed E-state index contributed by atoms with van der Waals surface area (Å²) in [6.45, 7) is 2.16. The highest BCUT2D eigenvalue weighted by Gasteiger charge is 2.22. The van der Waals surface area contributed by atoms with Crippen LogP contribution in [-0.4, -0.2) is 29.1 Å². The standard InChI is InChI=1S/C21H23BrN2/c1-23-11-5-8-19(23)12-17-15-24(14-16-6-3-2-4-7-16)21-10-9-18(22)13-20(17)21/h2-4,6-7,9-10,13,15,19H,5,8,11-12,14H2,1H3/t19-/m1/s1.